The van der Waals surface area contributed by atoms with Gasteiger partial charge in [-0.3, -0.25) is 9.59 Å². The maximum absolute atomic E-state index is 12.2. The van der Waals surface area contributed by atoms with E-state index < -0.39 is 0 Å². The van der Waals surface area contributed by atoms with Gasteiger partial charge in [-0.05, 0) is 30.2 Å². The molecule has 0 unspecified atom stereocenters. The first-order valence-electron chi connectivity index (χ1n) is 6.72. The summed E-state index contributed by atoms with van der Waals surface area (Å²) < 4.78 is 0. The van der Waals surface area contributed by atoms with Crippen LogP contribution in [0, 0.1) is 0 Å². The Hall–Kier alpha value is -2.05. The van der Waals surface area contributed by atoms with Gasteiger partial charge in [0.25, 0.3) is 0 Å². The minimum Gasteiger partial charge on any atom is -0.294 e. The molecule has 22 heavy (non-hydrogen) atoms. The maximum Gasteiger partial charge on any atom is 0.189 e. The van der Waals surface area contributed by atoms with E-state index in [4.69, 9.17) is 0 Å². The van der Waals surface area contributed by atoms with Crippen molar-refractivity contribution >= 4 is 23.7 Å². The van der Waals surface area contributed by atoms with Crippen LogP contribution >= 0.6 is 0 Å². The molecule has 0 aliphatic heterocycles. The molecular formula is C19H16O2Pt. The largest absolute Gasteiger partial charge is 0.294 e. The fourth-order valence-electron chi connectivity index (χ4n) is 1.89. The molecule has 0 radical (unpaired) electrons. The van der Waals surface area contributed by atoms with Gasteiger partial charge < -0.3 is 0 Å². The monoisotopic (exact) mass is 471 g/mol. The van der Waals surface area contributed by atoms with Crippen molar-refractivity contribution in [3.05, 3.63) is 83.4 Å². The second kappa shape index (κ2) is 9.07. The molecule has 0 saturated carbocycles. The van der Waals surface area contributed by atoms with Crippen LogP contribution in [0.3, 0.4) is 0 Å². The summed E-state index contributed by atoms with van der Waals surface area (Å²) in [6.45, 7) is 1.41. The molecule has 0 aliphatic rings. The average Bonchev–Trinajstić information content (AvgIpc) is 2.52. The molecule has 0 heterocycles. The van der Waals surface area contributed by atoms with Gasteiger partial charge in [0.15, 0.2) is 11.6 Å². The van der Waals surface area contributed by atoms with Crippen LogP contribution in [0.25, 0.3) is 12.2 Å². The fourth-order valence-corrected chi connectivity index (χ4v) is 1.89. The minimum atomic E-state index is -0.282. The summed E-state index contributed by atoms with van der Waals surface area (Å²) >= 11 is 0. The van der Waals surface area contributed by atoms with Crippen molar-refractivity contribution in [2.45, 2.75) is 6.92 Å². The molecule has 2 aromatic carbocycles. The summed E-state index contributed by atoms with van der Waals surface area (Å²) in [7, 11) is 0. The van der Waals surface area contributed by atoms with E-state index in [1.54, 1.807) is 12.2 Å². The topological polar surface area (TPSA) is 34.1 Å². The van der Waals surface area contributed by atoms with Gasteiger partial charge in [-0.15, -0.1) is 0 Å². The molecule has 0 N–H and O–H groups in total. The van der Waals surface area contributed by atoms with E-state index in [0.29, 0.717) is 0 Å². The van der Waals surface area contributed by atoms with Crippen LogP contribution in [-0.2, 0) is 30.7 Å². The van der Waals surface area contributed by atoms with Crippen molar-refractivity contribution in [2.24, 2.45) is 0 Å². The molecule has 0 amide bonds. The van der Waals surface area contributed by atoms with Crippen molar-refractivity contribution < 1.29 is 30.7 Å². The van der Waals surface area contributed by atoms with E-state index in [1.165, 1.54) is 13.0 Å². The van der Waals surface area contributed by atoms with Crippen LogP contribution < -0.4 is 0 Å². The SMILES string of the molecule is CC(=O)C(=Cc1ccccc1)C(=O)C=Cc1ccccc1.[Pt]. The van der Waals surface area contributed by atoms with Crippen LogP contribution in [0.2, 0.25) is 0 Å². The molecule has 114 valence electrons. The number of allylic oxidation sites excluding steroid dienone is 2. The van der Waals surface area contributed by atoms with E-state index >= 15 is 0 Å². The first kappa shape index (κ1) is 18.0. The standard InChI is InChI=1S/C19H16O2.Pt/c1-15(20)18(14-17-10-6-3-7-11-17)19(21)13-12-16-8-4-2-5-9-16;/h2-14H,1H3;. The summed E-state index contributed by atoms with van der Waals surface area (Å²) in [4.78, 5) is 23.9. The Kier molecular flexibility index (Phi) is 7.42. The summed E-state index contributed by atoms with van der Waals surface area (Å²) in [5, 5.41) is 0. The number of carbonyl (C=O) groups is 2. The number of ketones is 2. The number of hydrogen-bond donors (Lipinski definition) is 0. The van der Waals surface area contributed by atoms with Crippen molar-refractivity contribution in [1.82, 2.24) is 0 Å². The predicted octanol–water partition coefficient (Wildman–Crippen LogP) is 3.94. The zero-order chi connectivity index (χ0) is 15.1. The third-order valence-electron chi connectivity index (χ3n) is 2.98. The van der Waals surface area contributed by atoms with E-state index in [-0.39, 0.29) is 38.2 Å². The van der Waals surface area contributed by atoms with E-state index in [1.807, 2.05) is 60.7 Å². The molecule has 2 rings (SSSR count). The van der Waals surface area contributed by atoms with Crippen LogP contribution in [-0.4, -0.2) is 11.6 Å². The Balaban J connectivity index is 0.00000242. The Bertz CT molecular complexity index is 686. The smallest absolute Gasteiger partial charge is 0.189 e. The first-order chi connectivity index (χ1) is 10.2. The molecule has 3 heteroatoms. The second-order valence-corrected chi connectivity index (χ2v) is 4.63. The predicted molar refractivity (Wildman–Crippen MR) is 85.6 cm³/mol. The van der Waals surface area contributed by atoms with Gasteiger partial charge in [-0.1, -0.05) is 66.7 Å². The first-order valence-corrected chi connectivity index (χ1v) is 6.72. The zero-order valence-electron chi connectivity index (χ0n) is 12.1. The second-order valence-electron chi connectivity index (χ2n) is 4.63. The number of carbonyl (C=O) groups excluding carboxylic acids is 2. The molecule has 0 spiro atoms. The van der Waals surface area contributed by atoms with Crippen molar-refractivity contribution in [1.29, 1.82) is 0 Å². The van der Waals surface area contributed by atoms with Gasteiger partial charge in [0, 0.05) is 21.1 Å². The summed E-state index contributed by atoms with van der Waals surface area (Å²) in [5.74, 6) is -0.517. The summed E-state index contributed by atoms with van der Waals surface area (Å²) in [6.07, 6.45) is 4.77. The van der Waals surface area contributed by atoms with Gasteiger partial charge in [-0.2, -0.15) is 0 Å². The molecule has 0 bridgehead atoms. The zero-order valence-corrected chi connectivity index (χ0v) is 14.4. The summed E-state index contributed by atoms with van der Waals surface area (Å²) in [5.41, 5.74) is 1.95. The van der Waals surface area contributed by atoms with Gasteiger partial charge in [0.1, 0.15) is 0 Å². The van der Waals surface area contributed by atoms with Crippen LogP contribution in [0.4, 0.5) is 0 Å². The Morgan fingerprint density at radius 3 is 1.82 bits per heavy atom. The average molecular weight is 471 g/mol. The Morgan fingerprint density at radius 1 is 0.818 bits per heavy atom. The van der Waals surface area contributed by atoms with Gasteiger partial charge in [0.05, 0.1) is 5.57 Å². The fraction of sp³-hybridized carbons (Fsp3) is 0.0526. The van der Waals surface area contributed by atoms with Crippen LogP contribution in [0.1, 0.15) is 18.1 Å². The number of benzene rings is 2. The molecule has 0 atom stereocenters. The third-order valence-corrected chi connectivity index (χ3v) is 2.98. The van der Waals surface area contributed by atoms with Gasteiger partial charge in [0.2, 0.25) is 0 Å². The number of hydrogen-bond acceptors (Lipinski definition) is 2. The normalized spacial score (nSPS) is 11.0. The van der Waals surface area contributed by atoms with Gasteiger partial charge in [-0.25, -0.2) is 0 Å². The van der Waals surface area contributed by atoms with Crippen molar-refractivity contribution in [2.75, 3.05) is 0 Å². The van der Waals surface area contributed by atoms with Crippen LogP contribution in [0.5, 0.6) is 0 Å². The van der Waals surface area contributed by atoms with Crippen molar-refractivity contribution in [3.63, 3.8) is 0 Å². The van der Waals surface area contributed by atoms with Gasteiger partial charge >= 0.3 is 0 Å². The molecule has 2 nitrogen and oxygen atoms in total. The quantitative estimate of drug-likeness (QED) is 0.376. The Labute approximate surface area is 144 Å². The maximum atomic E-state index is 12.2. The molecular weight excluding hydrogens is 455 g/mol. The number of rotatable bonds is 5. The van der Waals surface area contributed by atoms with E-state index in [2.05, 4.69) is 0 Å². The molecule has 0 saturated heterocycles. The Morgan fingerprint density at radius 2 is 1.32 bits per heavy atom. The van der Waals surface area contributed by atoms with E-state index in [9.17, 15) is 9.59 Å². The van der Waals surface area contributed by atoms with Crippen LogP contribution in [0.15, 0.2) is 72.3 Å². The van der Waals surface area contributed by atoms with E-state index in [0.717, 1.165) is 11.1 Å². The third kappa shape index (κ3) is 5.38. The summed E-state index contributed by atoms with van der Waals surface area (Å²) in [6, 6.07) is 18.9. The molecule has 0 aliphatic carbocycles. The minimum absolute atomic E-state index is 0. The number of Topliss-reactive ketones (excluding diaryl/α,β-unsaturated/α-hetero) is 1. The molecule has 2 aromatic rings. The van der Waals surface area contributed by atoms with Crippen molar-refractivity contribution in [3.8, 4) is 0 Å². The molecule has 0 fully saturated rings. The molecule has 0 aromatic heterocycles.